The van der Waals surface area contributed by atoms with Crippen LogP contribution in [0.5, 0.6) is 0 Å². The van der Waals surface area contributed by atoms with E-state index in [0.29, 0.717) is 37.1 Å². The van der Waals surface area contributed by atoms with Crippen LogP contribution in [0.2, 0.25) is 0 Å². The molecule has 1 aliphatic carbocycles. The van der Waals surface area contributed by atoms with Crippen molar-refractivity contribution in [2.45, 2.75) is 37.2 Å². The molecule has 0 aliphatic heterocycles. The second-order valence-corrected chi connectivity index (χ2v) is 11.4. The number of hydrogen-bond acceptors (Lipinski definition) is 4. The van der Waals surface area contributed by atoms with Crippen LogP contribution in [0, 0.1) is 11.8 Å². The Bertz CT molecular complexity index is 1360. The Morgan fingerprint density at radius 3 is 2.06 bits per heavy atom. The molecule has 0 heterocycles. The molecule has 0 bridgehead atoms. The third-order valence-corrected chi connectivity index (χ3v) is 7.93. The highest BCUT2D eigenvalue weighted by molar-refractivity contribution is 9.10. The number of nitrogens with one attached hydrogen (secondary N) is 2. The SMILES string of the molecule is NS(=O)(=O)c1ccccc1-c1ccc(CNC(=O)[C@@H]2CCC[C@H]2C(=O)NCc2cccc(Br)c2)cc1. The Hall–Kier alpha value is -3.01. The van der Waals surface area contributed by atoms with Crippen LogP contribution in [0.25, 0.3) is 11.1 Å². The van der Waals surface area contributed by atoms with Crippen molar-refractivity contribution in [3.63, 3.8) is 0 Å². The number of nitrogens with two attached hydrogens (primary N) is 1. The molecule has 4 N–H and O–H groups in total. The van der Waals surface area contributed by atoms with Crippen molar-refractivity contribution in [2.75, 3.05) is 0 Å². The summed E-state index contributed by atoms with van der Waals surface area (Å²) in [4.78, 5) is 25.8. The van der Waals surface area contributed by atoms with Crippen molar-refractivity contribution >= 4 is 37.8 Å². The predicted molar refractivity (Wildman–Crippen MR) is 142 cm³/mol. The molecule has 2 atom stereocenters. The molecule has 4 rings (SSSR count). The average molecular weight is 571 g/mol. The maximum absolute atomic E-state index is 12.9. The van der Waals surface area contributed by atoms with Crippen molar-refractivity contribution in [2.24, 2.45) is 17.0 Å². The molecule has 7 nitrogen and oxygen atoms in total. The van der Waals surface area contributed by atoms with Crippen molar-refractivity contribution in [3.05, 3.63) is 88.4 Å². The summed E-state index contributed by atoms with van der Waals surface area (Å²) in [5, 5.41) is 11.3. The van der Waals surface area contributed by atoms with Crippen LogP contribution in [-0.2, 0) is 32.7 Å². The Morgan fingerprint density at radius 2 is 1.44 bits per heavy atom. The van der Waals surface area contributed by atoms with Gasteiger partial charge in [0.15, 0.2) is 0 Å². The zero-order valence-corrected chi connectivity index (χ0v) is 22.0. The number of hydrogen-bond donors (Lipinski definition) is 3. The minimum atomic E-state index is -3.85. The van der Waals surface area contributed by atoms with Gasteiger partial charge < -0.3 is 10.6 Å². The van der Waals surface area contributed by atoms with Gasteiger partial charge in [0, 0.05) is 35.0 Å². The summed E-state index contributed by atoms with van der Waals surface area (Å²) in [5.74, 6) is -0.910. The fourth-order valence-electron chi connectivity index (χ4n) is 4.63. The Morgan fingerprint density at radius 1 is 0.833 bits per heavy atom. The first-order chi connectivity index (χ1) is 17.2. The molecule has 36 heavy (non-hydrogen) atoms. The van der Waals surface area contributed by atoms with E-state index in [0.717, 1.165) is 22.0 Å². The highest BCUT2D eigenvalue weighted by Crippen LogP contribution is 2.32. The minimum Gasteiger partial charge on any atom is -0.352 e. The molecule has 3 aromatic carbocycles. The number of sulfonamides is 1. The quantitative estimate of drug-likeness (QED) is 0.378. The summed E-state index contributed by atoms with van der Waals surface area (Å²) in [6.45, 7) is 0.739. The molecule has 1 saturated carbocycles. The van der Waals surface area contributed by atoms with Crippen molar-refractivity contribution in [1.29, 1.82) is 0 Å². The number of carbonyl (C=O) groups is 2. The number of rotatable bonds is 8. The van der Waals surface area contributed by atoms with Gasteiger partial charge in [0.05, 0.1) is 4.90 Å². The lowest BCUT2D eigenvalue weighted by atomic mass is 9.94. The van der Waals surface area contributed by atoms with E-state index >= 15 is 0 Å². The van der Waals surface area contributed by atoms with Gasteiger partial charge in [-0.05, 0) is 47.7 Å². The molecule has 1 aliphatic rings. The average Bonchev–Trinajstić information content (AvgIpc) is 3.36. The van der Waals surface area contributed by atoms with E-state index in [9.17, 15) is 18.0 Å². The molecular weight excluding hydrogens is 542 g/mol. The maximum atomic E-state index is 12.9. The van der Waals surface area contributed by atoms with Crippen LogP contribution in [0.15, 0.2) is 82.2 Å². The van der Waals surface area contributed by atoms with Gasteiger partial charge in [-0.3, -0.25) is 9.59 Å². The number of halogens is 1. The summed E-state index contributed by atoms with van der Waals surface area (Å²) in [6, 6.07) is 21.6. The molecule has 0 spiro atoms. The van der Waals surface area contributed by atoms with E-state index in [1.165, 1.54) is 6.07 Å². The highest BCUT2D eigenvalue weighted by atomic mass is 79.9. The molecule has 0 aromatic heterocycles. The largest absolute Gasteiger partial charge is 0.352 e. The summed E-state index contributed by atoms with van der Waals surface area (Å²) in [6.07, 6.45) is 2.22. The summed E-state index contributed by atoms with van der Waals surface area (Å²) in [7, 11) is -3.85. The first-order valence-corrected chi connectivity index (χ1v) is 14.1. The first-order valence-electron chi connectivity index (χ1n) is 11.7. The molecule has 0 unspecified atom stereocenters. The van der Waals surface area contributed by atoms with E-state index in [2.05, 4.69) is 26.6 Å². The zero-order valence-electron chi connectivity index (χ0n) is 19.6. The van der Waals surface area contributed by atoms with Gasteiger partial charge in [-0.1, -0.05) is 76.9 Å². The molecule has 2 amide bonds. The molecule has 9 heteroatoms. The van der Waals surface area contributed by atoms with E-state index < -0.39 is 10.0 Å². The van der Waals surface area contributed by atoms with Crippen LogP contribution >= 0.6 is 15.9 Å². The van der Waals surface area contributed by atoms with Crippen molar-refractivity contribution < 1.29 is 18.0 Å². The van der Waals surface area contributed by atoms with Gasteiger partial charge >= 0.3 is 0 Å². The molecule has 188 valence electrons. The second-order valence-electron chi connectivity index (χ2n) is 8.95. The van der Waals surface area contributed by atoms with Crippen LogP contribution in [0.3, 0.4) is 0 Å². The first kappa shape index (κ1) is 26.1. The molecule has 1 fully saturated rings. The number of benzene rings is 3. The maximum Gasteiger partial charge on any atom is 0.238 e. The van der Waals surface area contributed by atoms with Gasteiger partial charge in [0.25, 0.3) is 0 Å². The summed E-state index contributed by atoms with van der Waals surface area (Å²) < 4.78 is 24.7. The van der Waals surface area contributed by atoms with Gasteiger partial charge in [0.2, 0.25) is 21.8 Å². The highest BCUT2D eigenvalue weighted by Gasteiger charge is 2.37. The number of carbonyl (C=O) groups excluding carboxylic acids is 2. The number of amides is 2. The fraction of sp³-hybridized carbons (Fsp3) is 0.259. The Labute approximate surface area is 219 Å². The number of primary sulfonamides is 1. The molecule has 0 radical (unpaired) electrons. The molecular formula is C27H28BrN3O4S. The normalized spacial score (nSPS) is 17.5. The fourth-order valence-corrected chi connectivity index (χ4v) is 5.84. The van der Waals surface area contributed by atoms with Gasteiger partial charge in [0.1, 0.15) is 0 Å². The third kappa shape index (κ3) is 6.40. The van der Waals surface area contributed by atoms with Crippen LogP contribution in [-0.4, -0.2) is 20.2 Å². The van der Waals surface area contributed by atoms with E-state index in [1.807, 2.05) is 36.4 Å². The van der Waals surface area contributed by atoms with Crippen LogP contribution in [0.1, 0.15) is 30.4 Å². The van der Waals surface area contributed by atoms with Crippen molar-refractivity contribution in [1.82, 2.24) is 10.6 Å². The third-order valence-electron chi connectivity index (χ3n) is 6.47. The van der Waals surface area contributed by atoms with Gasteiger partial charge in [-0.2, -0.15) is 0 Å². The van der Waals surface area contributed by atoms with Crippen LogP contribution in [0.4, 0.5) is 0 Å². The predicted octanol–water partition coefficient (Wildman–Crippen LogP) is 4.11. The van der Waals surface area contributed by atoms with E-state index in [-0.39, 0.29) is 28.5 Å². The molecule has 0 saturated heterocycles. The van der Waals surface area contributed by atoms with E-state index in [1.54, 1.807) is 30.3 Å². The second kappa shape index (κ2) is 11.4. The standard InChI is InChI=1S/C27H28BrN3O4S/c28-21-6-3-5-19(15-21)17-31-27(33)24-9-4-8-23(24)26(32)30-16-18-11-13-20(14-12-18)22-7-1-2-10-25(22)36(29,34)35/h1-3,5-7,10-15,23-24H,4,8-9,16-17H2,(H,30,32)(H,31,33)(H2,29,34,35)/t23-,24-/m1/s1. The minimum absolute atomic E-state index is 0.0662. The van der Waals surface area contributed by atoms with Crippen LogP contribution < -0.4 is 15.8 Å². The van der Waals surface area contributed by atoms with Gasteiger partial charge in [-0.15, -0.1) is 0 Å². The lowest BCUT2D eigenvalue weighted by molar-refractivity contribution is -0.133. The molecule has 3 aromatic rings. The summed E-state index contributed by atoms with van der Waals surface area (Å²) in [5.41, 5.74) is 3.10. The van der Waals surface area contributed by atoms with E-state index in [4.69, 9.17) is 5.14 Å². The lowest BCUT2D eigenvalue weighted by Gasteiger charge is -2.19. The Balaban J connectivity index is 1.34. The topological polar surface area (TPSA) is 118 Å². The lowest BCUT2D eigenvalue weighted by Crippen LogP contribution is -2.39. The zero-order chi connectivity index (χ0) is 25.7. The smallest absolute Gasteiger partial charge is 0.238 e. The summed E-state index contributed by atoms with van der Waals surface area (Å²) >= 11 is 3.43. The van der Waals surface area contributed by atoms with Gasteiger partial charge in [-0.25, -0.2) is 13.6 Å². The monoisotopic (exact) mass is 569 g/mol. The Kier molecular flexibility index (Phi) is 8.23. The van der Waals surface area contributed by atoms with Crippen molar-refractivity contribution in [3.8, 4) is 11.1 Å².